The van der Waals surface area contributed by atoms with Crippen molar-refractivity contribution in [3.05, 3.63) is 16.1 Å². The Bertz CT molecular complexity index is 331. The molecule has 1 aromatic rings. The fourth-order valence-corrected chi connectivity index (χ4v) is 1.56. The van der Waals surface area contributed by atoms with Crippen LogP contribution >= 0.6 is 11.3 Å². The molecule has 0 aliphatic rings. The number of thiazole rings is 1. The maximum Gasteiger partial charge on any atom is 0.158 e. The summed E-state index contributed by atoms with van der Waals surface area (Å²) in [5.74, 6) is 5.64. The molecule has 1 rings (SSSR count). The number of rotatable bonds is 1. The van der Waals surface area contributed by atoms with Crippen molar-refractivity contribution in [3.63, 3.8) is 0 Å². The van der Waals surface area contributed by atoms with Gasteiger partial charge in [0.15, 0.2) is 6.17 Å². The van der Waals surface area contributed by atoms with Crippen molar-refractivity contribution < 1.29 is 4.39 Å². The number of halogens is 1. The monoisotopic (exact) mass is 257 g/mol. The second-order valence-corrected chi connectivity index (χ2v) is 4.17. The maximum absolute atomic E-state index is 12.4. The van der Waals surface area contributed by atoms with E-state index in [1.165, 1.54) is 18.3 Å². The summed E-state index contributed by atoms with van der Waals surface area (Å²) < 4.78 is 12.4. The molecule has 1 atom stereocenters. The highest BCUT2D eigenvalue weighted by Gasteiger charge is 2.03. The first-order valence-corrected chi connectivity index (χ1v) is 7.02. The van der Waals surface area contributed by atoms with E-state index in [1.807, 2.05) is 27.7 Å². The first kappa shape index (κ1) is 18.5. The van der Waals surface area contributed by atoms with Gasteiger partial charge in [-0.15, -0.1) is 11.3 Å². The van der Waals surface area contributed by atoms with Crippen LogP contribution in [0.25, 0.3) is 0 Å². The molecule has 0 bridgehead atoms. The van der Waals surface area contributed by atoms with E-state index in [4.69, 9.17) is 0 Å². The molecule has 1 heterocycles. The van der Waals surface area contributed by atoms with Gasteiger partial charge in [-0.3, -0.25) is 0 Å². The second kappa shape index (κ2) is 11.6. The van der Waals surface area contributed by atoms with Crippen LogP contribution in [-0.4, -0.2) is 11.2 Å². The average Bonchev–Trinajstić information content (AvgIpc) is 2.80. The minimum atomic E-state index is -1.07. The Morgan fingerprint density at radius 1 is 1.18 bits per heavy atom. The van der Waals surface area contributed by atoms with Gasteiger partial charge in [0.1, 0.15) is 0 Å². The highest BCUT2D eigenvalue weighted by molar-refractivity contribution is 7.12. The van der Waals surface area contributed by atoms with Crippen LogP contribution in [-0.2, 0) is 0 Å². The smallest absolute Gasteiger partial charge is 0.158 e. The Morgan fingerprint density at radius 2 is 1.71 bits per heavy atom. The molecule has 3 heteroatoms. The van der Waals surface area contributed by atoms with Crippen LogP contribution in [0.5, 0.6) is 0 Å². The van der Waals surface area contributed by atoms with Crippen LogP contribution in [0.15, 0.2) is 6.20 Å². The van der Waals surface area contributed by atoms with E-state index >= 15 is 0 Å². The van der Waals surface area contributed by atoms with Crippen molar-refractivity contribution in [2.75, 3.05) is 0 Å². The predicted molar refractivity (Wildman–Crippen MR) is 76.3 cm³/mol. The fourth-order valence-electron chi connectivity index (χ4n) is 0.783. The van der Waals surface area contributed by atoms with E-state index in [1.54, 1.807) is 6.20 Å². The van der Waals surface area contributed by atoms with Crippen molar-refractivity contribution in [1.82, 2.24) is 4.98 Å². The van der Waals surface area contributed by atoms with Crippen molar-refractivity contribution in [2.24, 2.45) is 0 Å². The summed E-state index contributed by atoms with van der Waals surface area (Å²) in [5.41, 5.74) is 0. The number of aromatic nitrogens is 1. The van der Waals surface area contributed by atoms with Crippen molar-refractivity contribution in [3.8, 4) is 11.8 Å². The van der Waals surface area contributed by atoms with Crippen molar-refractivity contribution in [1.29, 1.82) is 0 Å². The molecule has 0 amide bonds. The van der Waals surface area contributed by atoms with E-state index in [0.29, 0.717) is 5.92 Å². The molecular formula is C14H24FNS. The largest absolute Gasteiger partial charge is 0.248 e. The number of hydrogen-bond donors (Lipinski definition) is 0. The minimum Gasteiger partial charge on any atom is -0.248 e. The first-order valence-electron chi connectivity index (χ1n) is 6.21. The Kier molecular flexibility index (Phi) is 12.6. The molecule has 0 spiro atoms. The second-order valence-electron chi connectivity index (χ2n) is 3.10. The Morgan fingerprint density at radius 3 is 2.06 bits per heavy atom. The van der Waals surface area contributed by atoms with Crippen LogP contribution in [0.2, 0.25) is 0 Å². The third-order valence-corrected chi connectivity index (χ3v) is 2.63. The van der Waals surface area contributed by atoms with Gasteiger partial charge in [0.25, 0.3) is 0 Å². The first-order chi connectivity index (χ1) is 8.09. The molecule has 1 aromatic heterocycles. The third kappa shape index (κ3) is 8.88. The molecule has 0 saturated carbocycles. The van der Waals surface area contributed by atoms with Gasteiger partial charge in [0.05, 0.1) is 16.1 Å². The molecular weight excluding hydrogens is 233 g/mol. The van der Waals surface area contributed by atoms with E-state index < -0.39 is 6.17 Å². The van der Waals surface area contributed by atoms with Crippen LogP contribution in [0.1, 0.15) is 64.3 Å². The fraction of sp³-hybridized carbons (Fsp3) is 0.643. The Labute approximate surface area is 109 Å². The normalized spacial score (nSPS) is 10.2. The quantitative estimate of drug-likeness (QED) is 0.643. The van der Waals surface area contributed by atoms with Gasteiger partial charge in [0.2, 0.25) is 0 Å². The molecule has 0 fully saturated rings. The lowest BCUT2D eigenvalue weighted by Crippen LogP contribution is -1.82. The lowest BCUT2D eigenvalue weighted by Gasteiger charge is -1.94. The van der Waals surface area contributed by atoms with Gasteiger partial charge in [0, 0.05) is 5.92 Å². The summed E-state index contributed by atoms with van der Waals surface area (Å²) in [6, 6.07) is 0. The molecule has 0 aromatic carbocycles. The zero-order valence-electron chi connectivity index (χ0n) is 12.0. The average molecular weight is 257 g/mol. The zero-order chi connectivity index (χ0) is 13.8. The van der Waals surface area contributed by atoms with E-state index in [9.17, 15) is 4.39 Å². The Hall–Kier alpha value is -0.880. The van der Waals surface area contributed by atoms with Crippen LogP contribution in [0.4, 0.5) is 4.39 Å². The predicted octanol–water partition coefficient (Wildman–Crippen LogP) is 5.03. The van der Waals surface area contributed by atoms with Crippen LogP contribution in [0.3, 0.4) is 0 Å². The lowest BCUT2D eigenvalue weighted by atomic mass is 10.2. The third-order valence-electron chi connectivity index (χ3n) is 1.41. The van der Waals surface area contributed by atoms with Gasteiger partial charge in [-0.05, 0) is 6.92 Å². The van der Waals surface area contributed by atoms with Gasteiger partial charge < -0.3 is 0 Å². The summed E-state index contributed by atoms with van der Waals surface area (Å²) in [4.78, 5) is 5.03. The van der Waals surface area contributed by atoms with Crippen LogP contribution < -0.4 is 0 Å². The highest BCUT2D eigenvalue weighted by atomic mass is 32.1. The molecule has 98 valence electrons. The molecule has 0 aliphatic heterocycles. The van der Waals surface area contributed by atoms with E-state index in [2.05, 4.69) is 30.7 Å². The van der Waals surface area contributed by atoms with Gasteiger partial charge in [-0.2, -0.15) is 0 Å². The summed E-state index contributed by atoms with van der Waals surface area (Å²) in [6.45, 7) is 13.6. The summed E-state index contributed by atoms with van der Waals surface area (Å²) in [6.07, 6.45) is 0.639. The summed E-state index contributed by atoms with van der Waals surface area (Å²) in [5, 5.41) is 1.05. The molecule has 1 nitrogen and oxygen atoms in total. The van der Waals surface area contributed by atoms with Gasteiger partial charge in [-0.1, -0.05) is 53.4 Å². The summed E-state index contributed by atoms with van der Waals surface area (Å²) >= 11 is 1.53. The standard InChI is InChI=1S/C10H12FNS.2C2H6/c1-7(2)10-12-6-9(13-10)5-4-8(3)11;2*1-2/h6-8H,1-3H3;2*1-2H3. The topological polar surface area (TPSA) is 12.9 Å². The van der Waals surface area contributed by atoms with Crippen molar-refractivity contribution >= 4 is 11.3 Å². The van der Waals surface area contributed by atoms with E-state index in [0.717, 1.165) is 9.88 Å². The zero-order valence-corrected chi connectivity index (χ0v) is 12.8. The molecule has 0 radical (unpaired) electrons. The molecule has 0 saturated heterocycles. The molecule has 0 aliphatic carbocycles. The molecule has 17 heavy (non-hydrogen) atoms. The van der Waals surface area contributed by atoms with Crippen LogP contribution in [0, 0.1) is 11.8 Å². The number of alkyl halides is 1. The number of hydrogen-bond acceptors (Lipinski definition) is 2. The maximum atomic E-state index is 12.4. The van der Waals surface area contributed by atoms with Gasteiger partial charge >= 0.3 is 0 Å². The number of nitrogens with zero attached hydrogens (tertiary/aromatic N) is 1. The molecule has 0 N–H and O–H groups in total. The summed E-state index contributed by atoms with van der Waals surface area (Å²) in [7, 11) is 0. The van der Waals surface area contributed by atoms with E-state index in [-0.39, 0.29) is 0 Å². The minimum absolute atomic E-state index is 0.420. The van der Waals surface area contributed by atoms with Gasteiger partial charge in [-0.25, -0.2) is 9.37 Å². The Balaban J connectivity index is 0. The van der Waals surface area contributed by atoms with Crippen molar-refractivity contribution in [2.45, 2.75) is 60.6 Å². The molecule has 1 unspecified atom stereocenters. The lowest BCUT2D eigenvalue weighted by molar-refractivity contribution is 0.443. The SMILES string of the molecule is CC.CC.CC(F)C#Cc1cnc(C(C)C)s1. The highest BCUT2D eigenvalue weighted by Crippen LogP contribution is 2.20.